The standard InChI is InChI=1S/C11H20N4O/c1-16-6-5-12-7-11-13-9-14-15(11)8-10-3-2-4-10/h9-10,12H,2-8H2,1H3. The van der Waals surface area contributed by atoms with Crippen LogP contribution in [0.1, 0.15) is 25.1 Å². The number of rotatable bonds is 7. The molecule has 0 aromatic carbocycles. The maximum absolute atomic E-state index is 4.98. The molecule has 0 saturated heterocycles. The Morgan fingerprint density at radius 2 is 2.44 bits per heavy atom. The molecule has 1 fully saturated rings. The first kappa shape index (κ1) is 11.5. The van der Waals surface area contributed by atoms with Gasteiger partial charge in [-0.3, -0.25) is 0 Å². The van der Waals surface area contributed by atoms with Crippen molar-refractivity contribution in [2.75, 3.05) is 20.3 Å². The molecule has 5 heteroatoms. The molecule has 0 atom stereocenters. The molecule has 5 nitrogen and oxygen atoms in total. The second-order valence-electron chi connectivity index (χ2n) is 4.32. The number of aromatic nitrogens is 3. The lowest BCUT2D eigenvalue weighted by Crippen LogP contribution is -2.24. The van der Waals surface area contributed by atoms with Gasteiger partial charge in [-0.25, -0.2) is 9.67 Å². The quantitative estimate of drug-likeness (QED) is 0.696. The first-order valence-electron chi connectivity index (χ1n) is 5.96. The largest absolute Gasteiger partial charge is 0.383 e. The van der Waals surface area contributed by atoms with Crippen molar-refractivity contribution in [3.63, 3.8) is 0 Å². The molecule has 0 spiro atoms. The van der Waals surface area contributed by atoms with Crippen LogP contribution in [0.15, 0.2) is 6.33 Å². The molecule has 1 aromatic heterocycles. The SMILES string of the molecule is COCCNCc1ncnn1CC1CCC1. The van der Waals surface area contributed by atoms with Crippen LogP contribution in [0.5, 0.6) is 0 Å². The smallest absolute Gasteiger partial charge is 0.140 e. The first-order valence-corrected chi connectivity index (χ1v) is 5.96. The van der Waals surface area contributed by atoms with Gasteiger partial charge in [0, 0.05) is 20.2 Å². The number of methoxy groups -OCH3 is 1. The highest BCUT2D eigenvalue weighted by atomic mass is 16.5. The van der Waals surface area contributed by atoms with Crippen molar-refractivity contribution in [1.82, 2.24) is 20.1 Å². The van der Waals surface area contributed by atoms with Crippen LogP contribution in [0.25, 0.3) is 0 Å². The summed E-state index contributed by atoms with van der Waals surface area (Å²) < 4.78 is 7.01. The fraction of sp³-hybridized carbons (Fsp3) is 0.818. The van der Waals surface area contributed by atoms with E-state index < -0.39 is 0 Å². The van der Waals surface area contributed by atoms with E-state index in [0.29, 0.717) is 0 Å². The van der Waals surface area contributed by atoms with Gasteiger partial charge in [-0.1, -0.05) is 6.42 Å². The zero-order valence-corrected chi connectivity index (χ0v) is 9.85. The minimum absolute atomic E-state index is 0.733. The van der Waals surface area contributed by atoms with Gasteiger partial charge in [-0.05, 0) is 18.8 Å². The maximum atomic E-state index is 4.98. The zero-order valence-electron chi connectivity index (χ0n) is 9.85. The Kier molecular flexibility index (Phi) is 4.30. The van der Waals surface area contributed by atoms with Crippen molar-refractivity contribution in [3.8, 4) is 0 Å². The van der Waals surface area contributed by atoms with Gasteiger partial charge in [0.15, 0.2) is 0 Å². The summed E-state index contributed by atoms with van der Waals surface area (Å²) in [6.45, 7) is 3.39. The highest BCUT2D eigenvalue weighted by molar-refractivity contribution is 4.85. The van der Waals surface area contributed by atoms with Gasteiger partial charge in [0.2, 0.25) is 0 Å². The summed E-state index contributed by atoms with van der Waals surface area (Å²) in [4.78, 5) is 4.27. The van der Waals surface area contributed by atoms with Gasteiger partial charge in [0.25, 0.3) is 0 Å². The molecule has 1 aromatic rings. The average Bonchev–Trinajstić information content (AvgIpc) is 2.66. The first-order chi connectivity index (χ1) is 7.90. The van der Waals surface area contributed by atoms with Gasteiger partial charge < -0.3 is 10.1 Å². The van der Waals surface area contributed by atoms with E-state index >= 15 is 0 Å². The minimum atomic E-state index is 0.733. The molecule has 0 unspecified atom stereocenters. The Bertz CT molecular complexity index is 309. The van der Waals surface area contributed by atoms with E-state index in [-0.39, 0.29) is 0 Å². The van der Waals surface area contributed by atoms with Gasteiger partial charge in [0.05, 0.1) is 13.2 Å². The summed E-state index contributed by atoms with van der Waals surface area (Å²) in [6, 6.07) is 0. The molecular formula is C11H20N4O. The molecule has 90 valence electrons. The Labute approximate surface area is 96.2 Å². The molecule has 1 aliphatic rings. The molecule has 0 bridgehead atoms. The van der Waals surface area contributed by atoms with E-state index in [1.165, 1.54) is 19.3 Å². The van der Waals surface area contributed by atoms with Crippen molar-refractivity contribution in [2.24, 2.45) is 5.92 Å². The number of nitrogens with one attached hydrogen (secondary N) is 1. The van der Waals surface area contributed by atoms with E-state index in [1.807, 2.05) is 4.68 Å². The molecular weight excluding hydrogens is 204 g/mol. The fourth-order valence-electron chi connectivity index (χ4n) is 1.87. The zero-order chi connectivity index (χ0) is 11.2. The van der Waals surface area contributed by atoms with Crippen LogP contribution in [0.4, 0.5) is 0 Å². The lowest BCUT2D eigenvalue weighted by molar-refractivity contribution is 0.198. The van der Waals surface area contributed by atoms with Gasteiger partial charge in [0.1, 0.15) is 12.2 Å². The van der Waals surface area contributed by atoms with Crippen molar-refractivity contribution in [2.45, 2.75) is 32.4 Å². The van der Waals surface area contributed by atoms with Crippen LogP contribution in [-0.2, 0) is 17.8 Å². The van der Waals surface area contributed by atoms with Gasteiger partial charge in [-0.15, -0.1) is 0 Å². The third-order valence-corrected chi connectivity index (χ3v) is 3.12. The van der Waals surface area contributed by atoms with Crippen LogP contribution in [-0.4, -0.2) is 35.0 Å². The van der Waals surface area contributed by atoms with Gasteiger partial charge >= 0.3 is 0 Å². The number of nitrogens with zero attached hydrogens (tertiary/aromatic N) is 3. The van der Waals surface area contributed by atoms with Crippen LogP contribution in [0.2, 0.25) is 0 Å². The topological polar surface area (TPSA) is 52.0 Å². The predicted molar refractivity (Wildman–Crippen MR) is 60.9 cm³/mol. The summed E-state index contributed by atoms with van der Waals surface area (Å²) >= 11 is 0. The van der Waals surface area contributed by atoms with Crippen LogP contribution in [0.3, 0.4) is 0 Å². The number of hydrogen-bond acceptors (Lipinski definition) is 4. The Balaban J connectivity index is 1.76. The van der Waals surface area contributed by atoms with E-state index in [1.54, 1.807) is 13.4 Å². The van der Waals surface area contributed by atoms with E-state index in [2.05, 4.69) is 15.4 Å². The molecule has 0 amide bonds. The summed E-state index contributed by atoms with van der Waals surface area (Å²) in [5, 5.41) is 7.56. The highest BCUT2D eigenvalue weighted by Crippen LogP contribution is 2.27. The Hall–Kier alpha value is -0.940. The number of hydrogen-bond donors (Lipinski definition) is 1. The highest BCUT2D eigenvalue weighted by Gasteiger charge is 2.19. The lowest BCUT2D eigenvalue weighted by Gasteiger charge is -2.25. The molecule has 1 heterocycles. The van der Waals surface area contributed by atoms with Crippen LogP contribution < -0.4 is 5.32 Å². The molecule has 1 saturated carbocycles. The third kappa shape index (κ3) is 3.02. The normalized spacial score (nSPS) is 16.3. The molecule has 1 aliphatic carbocycles. The van der Waals surface area contributed by atoms with E-state index in [0.717, 1.165) is 38.0 Å². The predicted octanol–water partition coefficient (Wildman–Crippen LogP) is 0.814. The minimum Gasteiger partial charge on any atom is -0.383 e. The summed E-state index contributed by atoms with van der Waals surface area (Å²) in [5.41, 5.74) is 0. The van der Waals surface area contributed by atoms with E-state index in [4.69, 9.17) is 4.74 Å². The second kappa shape index (κ2) is 5.96. The molecule has 0 aliphatic heterocycles. The molecule has 2 rings (SSSR count). The number of ether oxygens (including phenoxy) is 1. The molecule has 16 heavy (non-hydrogen) atoms. The average molecular weight is 224 g/mol. The van der Waals surface area contributed by atoms with Crippen LogP contribution in [0, 0.1) is 5.92 Å². The third-order valence-electron chi connectivity index (χ3n) is 3.12. The Morgan fingerprint density at radius 3 is 3.12 bits per heavy atom. The van der Waals surface area contributed by atoms with Gasteiger partial charge in [-0.2, -0.15) is 5.10 Å². The summed E-state index contributed by atoms with van der Waals surface area (Å²) in [7, 11) is 1.71. The maximum Gasteiger partial charge on any atom is 0.140 e. The summed E-state index contributed by atoms with van der Waals surface area (Å²) in [5.74, 6) is 1.85. The van der Waals surface area contributed by atoms with Crippen molar-refractivity contribution in [1.29, 1.82) is 0 Å². The summed E-state index contributed by atoms with van der Waals surface area (Å²) in [6.07, 6.45) is 5.71. The Morgan fingerprint density at radius 1 is 1.56 bits per heavy atom. The molecule has 1 N–H and O–H groups in total. The van der Waals surface area contributed by atoms with Crippen molar-refractivity contribution >= 4 is 0 Å². The van der Waals surface area contributed by atoms with Crippen molar-refractivity contribution < 1.29 is 4.74 Å². The monoisotopic (exact) mass is 224 g/mol. The second-order valence-corrected chi connectivity index (χ2v) is 4.32. The van der Waals surface area contributed by atoms with E-state index in [9.17, 15) is 0 Å². The lowest BCUT2D eigenvalue weighted by atomic mass is 9.85. The fourth-order valence-corrected chi connectivity index (χ4v) is 1.87. The molecule has 0 radical (unpaired) electrons. The van der Waals surface area contributed by atoms with Crippen LogP contribution >= 0.6 is 0 Å². The van der Waals surface area contributed by atoms with Crippen molar-refractivity contribution in [3.05, 3.63) is 12.2 Å².